The topological polar surface area (TPSA) is 149 Å². The van der Waals surface area contributed by atoms with Gasteiger partial charge >= 0.3 is 0 Å². The number of unbranched alkanes of at least 4 members (excludes halogenated alkanes) is 2. The Hall–Kier alpha value is -4.61. The number of likely N-dealkylation sites (tertiary alicyclic amines) is 1. The first-order valence-electron chi connectivity index (χ1n) is 16.7. The van der Waals surface area contributed by atoms with Crippen LogP contribution in [0.1, 0.15) is 71.2 Å². The van der Waals surface area contributed by atoms with Crippen LogP contribution in [0.2, 0.25) is 0 Å². The molecule has 0 saturated carbocycles. The minimum atomic E-state index is -0.368. The van der Waals surface area contributed by atoms with Gasteiger partial charge in [-0.2, -0.15) is 0 Å². The molecule has 0 spiro atoms. The Balaban J connectivity index is 1.35. The molecule has 1 heterocycles. The van der Waals surface area contributed by atoms with Gasteiger partial charge in [0.1, 0.15) is 17.2 Å². The molecule has 11 nitrogen and oxygen atoms in total. The summed E-state index contributed by atoms with van der Waals surface area (Å²) in [6, 6.07) is 17.8. The van der Waals surface area contributed by atoms with Crippen LogP contribution < -0.4 is 35.9 Å². The SMILES string of the molecule is COc1cc(C(=O)N(C)c2ccc(C)cc2OCCCCCC(=O)N2CCC(N)CC2)ccc1NC(=O)c1ccccc1OCCCN. The molecular weight excluding hydrogens is 610 g/mol. The fraction of sp³-hybridized carbons (Fsp3) is 0.432. The Kier molecular flexibility index (Phi) is 13.6. The number of carbonyl (C=O) groups excluding carboxylic acids is 3. The van der Waals surface area contributed by atoms with Gasteiger partial charge in [-0.25, -0.2) is 0 Å². The molecule has 0 atom stereocenters. The zero-order valence-electron chi connectivity index (χ0n) is 28.3. The van der Waals surface area contributed by atoms with Gasteiger partial charge in [0.25, 0.3) is 11.8 Å². The van der Waals surface area contributed by atoms with E-state index in [2.05, 4.69) is 5.32 Å². The molecular formula is C37H49N5O6. The Morgan fingerprint density at radius 1 is 0.896 bits per heavy atom. The summed E-state index contributed by atoms with van der Waals surface area (Å²) >= 11 is 0. The van der Waals surface area contributed by atoms with Crippen molar-refractivity contribution in [2.75, 3.05) is 57.2 Å². The van der Waals surface area contributed by atoms with Crippen LogP contribution in [0.25, 0.3) is 0 Å². The molecule has 11 heteroatoms. The highest BCUT2D eigenvalue weighted by molar-refractivity contribution is 6.09. The summed E-state index contributed by atoms with van der Waals surface area (Å²) in [5, 5.41) is 2.87. The normalized spacial score (nSPS) is 13.1. The number of ether oxygens (including phenoxy) is 3. The standard InChI is InChI=1S/C37H49N5O6/c1-26-13-16-31(34(24-26)48-22-8-4-5-12-35(43)42-20-17-28(39)18-21-42)41(2)37(45)27-14-15-30(33(25-27)46-3)40-36(44)29-10-6-7-11-32(29)47-23-9-19-38/h6-7,10-11,13-16,24-25,28H,4-5,8-9,12,17-23,38-39H2,1-3H3,(H,40,44). The maximum absolute atomic E-state index is 13.7. The first-order valence-corrected chi connectivity index (χ1v) is 16.7. The lowest BCUT2D eigenvalue weighted by molar-refractivity contribution is -0.132. The predicted octanol–water partition coefficient (Wildman–Crippen LogP) is 5.15. The number of hydrogen-bond donors (Lipinski definition) is 3. The quantitative estimate of drug-likeness (QED) is 0.179. The summed E-state index contributed by atoms with van der Waals surface area (Å²) < 4.78 is 17.5. The number of methoxy groups -OCH3 is 1. The lowest BCUT2D eigenvalue weighted by Gasteiger charge is -2.30. The van der Waals surface area contributed by atoms with Gasteiger partial charge in [0.15, 0.2) is 0 Å². The van der Waals surface area contributed by atoms with Crippen LogP contribution in [0.4, 0.5) is 11.4 Å². The number of piperidine rings is 1. The number of para-hydroxylation sites is 1. The van der Waals surface area contributed by atoms with E-state index in [4.69, 9.17) is 25.7 Å². The number of anilines is 2. The van der Waals surface area contributed by atoms with Crippen molar-refractivity contribution in [3.63, 3.8) is 0 Å². The van der Waals surface area contributed by atoms with E-state index in [0.717, 1.165) is 50.8 Å². The Morgan fingerprint density at radius 2 is 1.62 bits per heavy atom. The third-order valence-corrected chi connectivity index (χ3v) is 8.40. The van der Waals surface area contributed by atoms with Crippen molar-refractivity contribution in [2.24, 2.45) is 11.5 Å². The molecule has 1 aliphatic rings. The van der Waals surface area contributed by atoms with Gasteiger partial charge in [-0.15, -0.1) is 0 Å². The second-order valence-corrected chi connectivity index (χ2v) is 12.1. The fourth-order valence-corrected chi connectivity index (χ4v) is 5.52. The van der Waals surface area contributed by atoms with E-state index in [1.807, 2.05) is 30.0 Å². The van der Waals surface area contributed by atoms with Gasteiger partial charge in [0, 0.05) is 38.2 Å². The number of nitrogens with one attached hydrogen (secondary N) is 1. The van der Waals surface area contributed by atoms with E-state index in [0.29, 0.717) is 72.4 Å². The largest absolute Gasteiger partial charge is 0.495 e. The number of nitrogens with zero attached hydrogens (tertiary/aromatic N) is 2. The molecule has 3 amide bonds. The molecule has 0 radical (unpaired) electrons. The van der Waals surface area contributed by atoms with E-state index in [1.54, 1.807) is 54.4 Å². The number of benzene rings is 3. The van der Waals surface area contributed by atoms with Crippen LogP contribution in [0.5, 0.6) is 17.2 Å². The molecule has 1 fully saturated rings. The van der Waals surface area contributed by atoms with Crippen molar-refractivity contribution in [3.05, 3.63) is 77.4 Å². The Bertz CT molecular complexity index is 1540. The summed E-state index contributed by atoms with van der Waals surface area (Å²) in [6.45, 7) is 4.83. The highest BCUT2D eigenvalue weighted by Gasteiger charge is 2.22. The minimum Gasteiger partial charge on any atom is -0.495 e. The van der Waals surface area contributed by atoms with Crippen LogP contribution in [0, 0.1) is 6.92 Å². The molecule has 0 aromatic heterocycles. The van der Waals surface area contributed by atoms with E-state index >= 15 is 0 Å². The lowest BCUT2D eigenvalue weighted by Crippen LogP contribution is -2.42. The van der Waals surface area contributed by atoms with Crippen molar-refractivity contribution in [1.29, 1.82) is 0 Å². The molecule has 0 unspecified atom stereocenters. The summed E-state index contributed by atoms with van der Waals surface area (Å²) in [5.41, 5.74) is 14.3. The van der Waals surface area contributed by atoms with E-state index < -0.39 is 0 Å². The number of aryl methyl sites for hydroxylation is 1. The van der Waals surface area contributed by atoms with Crippen LogP contribution in [0.3, 0.4) is 0 Å². The minimum absolute atomic E-state index is 0.199. The lowest BCUT2D eigenvalue weighted by atomic mass is 10.1. The average Bonchev–Trinajstić information content (AvgIpc) is 3.09. The van der Waals surface area contributed by atoms with Crippen molar-refractivity contribution in [2.45, 2.75) is 57.9 Å². The van der Waals surface area contributed by atoms with Crippen LogP contribution in [0.15, 0.2) is 60.7 Å². The molecule has 1 aliphatic heterocycles. The number of carbonyl (C=O) groups is 3. The summed E-state index contributed by atoms with van der Waals surface area (Å²) in [4.78, 5) is 42.8. The highest BCUT2D eigenvalue weighted by atomic mass is 16.5. The van der Waals surface area contributed by atoms with Gasteiger partial charge in [0.05, 0.1) is 37.3 Å². The molecule has 258 valence electrons. The number of nitrogens with two attached hydrogens (primary N) is 2. The molecule has 0 aliphatic carbocycles. The van der Waals surface area contributed by atoms with Gasteiger partial charge < -0.3 is 40.8 Å². The Labute approximate surface area is 283 Å². The zero-order valence-corrected chi connectivity index (χ0v) is 28.3. The third-order valence-electron chi connectivity index (χ3n) is 8.40. The van der Waals surface area contributed by atoms with E-state index in [1.165, 1.54) is 7.11 Å². The maximum atomic E-state index is 13.7. The Morgan fingerprint density at radius 3 is 2.38 bits per heavy atom. The van der Waals surface area contributed by atoms with Gasteiger partial charge in [-0.1, -0.05) is 18.2 Å². The number of rotatable bonds is 16. The second-order valence-electron chi connectivity index (χ2n) is 12.1. The zero-order chi connectivity index (χ0) is 34.5. The van der Waals surface area contributed by atoms with E-state index in [-0.39, 0.29) is 23.8 Å². The smallest absolute Gasteiger partial charge is 0.259 e. The fourth-order valence-electron chi connectivity index (χ4n) is 5.52. The maximum Gasteiger partial charge on any atom is 0.259 e. The summed E-state index contributed by atoms with van der Waals surface area (Å²) in [6.07, 6.45) is 5.40. The van der Waals surface area contributed by atoms with Crippen molar-refractivity contribution in [3.8, 4) is 17.2 Å². The average molecular weight is 660 g/mol. The molecule has 0 bridgehead atoms. The van der Waals surface area contributed by atoms with Gasteiger partial charge in [0.2, 0.25) is 5.91 Å². The monoisotopic (exact) mass is 659 g/mol. The molecule has 3 aromatic carbocycles. The molecule has 3 aromatic rings. The molecule has 48 heavy (non-hydrogen) atoms. The van der Waals surface area contributed by atoms with Crippen LogP contribution >= 0.6 is 0 Å². The van der Waals surface area contributed by atoms with E-state index in [9.17, 15) is 14.4 Å². The third kappa shape index (κ3) is 9.95. The first kappa shape index (κ1) is 36.2. The summed E-state index contributed by atoms with van der Waals surface area (Å²) in [5.74, 6) is 0.969. The van der Waals surface area contributed by atoms with Crippen LogP contribution in [-0.2, 0) is 4.79 Å². The predicted molar refractivity (Wildman–Crippen MR) is 188 cm³/mol. The highest BCUT2D eigenvalue weighted by Crippen LogP contribution is 2.32. The molecule has 5 N–H and O–H groups in total. The summed E-state index contributed by atoms with van der Waals surface area (Å²) in [7, 11) is 3.18. The number of hydrogen-bond acceptors (Lipinski definition) is 8. The van der Waals surface area contributed by atoms with Crippen molar-refractivity contribution in [1.82, 2.24) is 4.90 Å². The van der Waals surface area contributed by atoms with Gasteiger partial charge in [-0.05, 0) is 100 Å². The second kappa shape index (κ2) is 18.1. The first-order chi connectivity index (χ1) is 23.2. The van der Waals surface area contributed by atoms with Crippen molar-refractivity contribution >= 4 is 29.1 Å². The number of amides is 3. The van der Waals surface area contributed by atoms with Gasteiger partial charge in [-0.3, -0.25) is 14.4 Å². The molecule has 4 rings (SSSR count). The molecule has 1 saturated heterocycles. The van der Waals surface area contributed by atoms with Crippen molar-refractivity contribution < 1.29 is 28.6 Å². The van der Waals surface area contributed by atoms with Crippen LogP contribution in [-0.4, -0.2) is 75.7 Å².